The first-order chi connectivity index (χ1) is 10.7. The van der Waals surface area contributed by atoms with E-state index in [9.17, 15) is 4.79 Å². The first-order valence-corrected chi connectivity index (χ1v) is 8.14. The minimum absolute atomic E-state index is 0.0757. The number of nitrogens with one attached hydrogen (secondary N) is 1. The van der Waals surface area contributed by atoms with Crippen LogP contribution < -0.4 is 0 Å². The van der Waals surface area contributed by atoms with Gasteiger partial charge in [-0.25, -0.2) is 0 Å². The highest BCUT2D eigenvalue weighted by atomic mass is 35.5. The van der Waals surface area contributed by atoms with E-state index in [0.29, 0.717) is 11.5 Å². The molecular weight excluding hydrogens is 298 g/mol. The molecule has 1 atom stereocenters. The molecule has 1 aromatic heterocycles. The summed E-state index contributed by atoms with van der Waals surface area (Å²) >= 11 is 6.28. The van der Waals surface area contributed by atoms with Crippen molar-refractivity contribution in [3.05, 3.63) is 52.3 Å². The summed E-state index contributed by atoms with van der Waals surface area (Å²) < 4.78 is 0. The van der Waals surface area contributed by atoms with Crippen LogP contribution in [-0.4, -0.2) is 34.1 Å². The van der Waals surface area contributed by atoms with E-state index in [2.05, 4.69) is 23.2 Å². The molecule has 116 valence electrons. The Labute approximate surface area is 135 Å². The van der Waals surface area contributed by atoms with Crippen LogP contribution in [0.2, 0.25) is 5.02 Å². The van der Waals surface area contributed by atoms with E-state index in [-0.39, 0.29) is 5.91 Å². The molecule has 0 spiro atoms. The lowest BCUT2D eigenvalue weighted by molar-refractivity contribution is 0.0789. The Balaban J connectivity index is 1.74. The summed E-state index contributed by atoms with van der Waals surface area (Å²) in [5.74, 6) is 0.394. The second kappa shape index (κ2) is 6.53. The lowest BCUT2D eigenvalue weighted by Gasteiger charge is -2.17. The molecule has 1 N–H and O–H groups in total. The number of hydrogen-bond donors (Lipinski definition) is 1. The Bertz CT molecular complexity index is 667. The Morgan fingerprint density at radius 1 is 1.45 bits per heavy atom. The van der Waals surface area contributed by atoms with Gasteiger partial charge < -0.3 is 4.90 Å². The molecule has 1 saturated heterocycles. The van der Waals surface area contributed by atoms with Gasteiger partial charge in [0.15, 0.2) is 0 Å². The maximum absolute atomic E-state index is 12.7. The molecule has 0 radical (unpaired) electrons. The molecule has 1 aliphatic heterocycles. The van der Waals surface area contributed by atoms with Crippen molar-refractivity contribution in [1.82, 2.24) is 15.1 Å². The molecule has 2 heterocycles. The number of amides is 1. The Hall–Kier alpha value is -1.81. The molecule has 4 nitrogen and oxygen atoms in total. The standard InChI is InChI=1S/C17H20ClN3O/c1-2-5-16-14(10-19-20-16)17(22)21-9-8-12(11-21)13-6-3-4-7-15(13)18/h3-4,6-7,10,12H,2,5,8-9,11H2,1H3,(H,19,20). The highest BCUT2D eigenvalue weighted by Crippen LogP contribution is 2.32. The van der Waals surface area contributed by atoms with E-state index in [1.807, 2.05) is 23.1 Å². The van der Waals surface area contributed by atoms with Crippen molar-refractivity contribution in [2.45, 2.75) is 32.1 Å². The molecule has 2 aromatic rings. The molecular formula is C17H20ClN3O. The number of aromatic amines is 1. The Kier molecular flexibility index (Phi) is 4.48. The summed E-state index contributed by atoms with van der Waals surface area (Å²) in [6.45, 7) is 3.59. The minimum atomic E-state index is 0.0757. The second-order valence-corrected chi connectivity index (χ2v) is 6.18. The lowest BCUT2D eigenvalue weighted by Crippen LogP contribution is -2.29. The molecule has 1 aliphatic rings. The third-order valence-electron chi connectivity index (χ3n) is 4.27. The number of carbonyl (C=O) groups is 1. The van der Waals surface area contributed by atoms with Gasteiger partial charge in [-0.15, -0.1) is 0 Å². The normalized spacial score (nSPS) is 17.9. The maximum atomic E-state index is 12.7. The molecule has 22 heavy (non-hydrogen) atoms. The highest BCUT2D eigenvalue weighted by Gasteiger charge is 2.30. The first kappa shape index (κ1) is 15.1. The molecule has 1 aromatic carbocycles. The summed E-state index contributed by atoms with van der Waals surface area (Å²) in [7, 11) is 0. The molecule has 3 rings (SSSR count). The van der Waals surface area contributed by atoms with Crippen molar-refractivity contribution < 1.29 is 4.79 Å². The van der Waals surface area contributed by atoms with Crippen LogP contribution in [0, 0.1) is 0 Å². The number of H-pyrrole nitrogens is 1. The average Bonchev–Trinajstić information content (AvgIpc) is 3.17. The molecule has 0 aliphatic carbocycles. The smallest absolute Gasteiger partial charge is 0.257 e. The van der Waals surface area contributed by atoms with Crippen LogP contribution in [0.1, 0.15) is 47.3 Å². The highest BCUT2D eigenvalue weighted by molar-refractivity contribution is 6.31. The van der Waals surface area contributed by atoms with E-state index in [0.717, 1.165) is 48.6 Å². The summed E-state index contributed by atoms with van der Waals surface area (Å²) in [4.78, 5) is 14.6. The van der Waals surface area contributed by atoms with Gasteiger partial charge in [-0.3, -0.25) is 9.89 Å². The monoisotopic (exact) mass is 317 g/mol. The van der Waals surface area contributed by atoms with Crippen LogP contribution in [0.5, 0.6) is 0 Å². The molecule has 5 heteroatoms. The third kappa shape index (κ3) is 2.88. The fraction of sp³-hybridized carbons (Fsp3) is 0.412. The lowest BCUT2D eigenvalue weighted by atomic mass is 9.98. The van der Waals surface area contributed by atoms with Crippen molar-refractivity contribution in [2.75, 3.05) is 13.1 Å². The molecule has 1 amide bonds. The number of benzene rings is 1. The number of nitrogens with zero attached hydrogens (tertiary/aromatic N) is 2. The number of likely N-dealkylation sites (tertiary alicyclic amines) is 1. The molecule has 0 bridgehead atoms. The fourth-order valence-electron chi connectivity index (χ4n) is 3.11. The van der Waals surface area contributed by atoms with Crippen LogP contribution in [0.25, 0.3) is 0 Å². The van der Waals surface area contributed by atoms with Crippen molar-refractivity contribution >= 4 is 17.5 Å². The number of hydrogen-bond acceptors (Lipinski definition) is 2. The van der Waals surface area contributed by atoms with Gasteiger partial charge in [0.2, 0.25) is 0 Å². The predicted molar refractivity (Wildman–Crippen MR) is 87.3 cm³/mol. The zero-order chi connectivity index (χ0) is 15.5. The summed E-state index contributed by atoms with van der Waals surface area (Å²) in [6.07, 6.45) is 4.44. The first-order valence-electron chi connectivity index (χ1n) is 7.76. The van der Waals surface area contributed by atoms with Gasteiger partial charge in [0, 0.05) is 29.7 Å². The van der Waals surface area contributed by atoms with Gasteiger partial charge >= 0.3 is 0 Å². The third-order valence-corrected chi connectivity index (χ3v) is 4.61. The summed E-state index contributed by atoms with van der Waals surface area (Å²) in [5, 5.41) is 7.76. The van der Waals surface area contributed by atoms with Crippen LogP contribution in [-0.2, 0) is 6.42 Å². The fourth-order valence-corrected chi connectivity index (χ4v) is 3.40. The van der Waals surface area contributed by atoms with Crippen LogP contribution in [0.3, 0.4) is 0 Å². The van der Waals surface area contributed by atoms with E-state index in [1.165, 1.54) is 0 Å². The van der Waals surface area contributed by atoms with Crippen LogP contribution in [0.4, 0.5) is 0 Å². The number of aromatic nitrogens is 2. The number of aryl methyl sites for hydroxylation is 1. The van der Waals surface area contributed by atoms with E-state index < -0.39 is 0 Å². The zero-order valence-corrected chi connectivity index (χ0v) is 13.4. The van der Waals surface area contributed by atoms with Gasteiger partial charge in [-0.2, -0.15) is 5.10 Å². The Morgan fingerprint density at radius 3 is 3.05 bits per heavy atom. The topological polar surface area (TPSA) is 49.0 Å². The molecule has 1 unspecified atom stereocenters. The van der Waals surface area contributed by atoms with E-state index in [4.69, 9.17) is 11.6 Å². The van der Waals surface area contributed by atoms with Gasteiger partial charge in [-0.1, -0.05) is 43.1 Å². The average molecular weight is 318 g/mol. The molecule has 1 fully saturated rings. The number of carbonyl (C=O) groups excluding carboxylic acids is 1. The predicted octanol–water partition coefficient (Wildman–Crippen LogP) is 3.65. The number of rotatable bonds is 4. The Morgan fingerprint density at radius 2 is 2.27 bits per heavy atom. The number of halogens is 1. The largest absolute Gasteiger partial charge is 0.338 e. The van der Waals surface area contributed by atoms with Crippen molar-refractivity contribution in [3.63, 3.8) is 0 Å². The van der Waals surface area contributed by atoms with E-state index in [1.54, 1.807) is 6.20 Å². The van der Waals surface area contributed by atoms with Crippen molar-refractivity contribution in [2.24, 2.45) is 0 Å². The minimum Gasteiger partial charge on any atom is -0.338 e. The van der Waals surface area contributed by atoms with Gasteiger partial charge in [-0.05, 0) is 24.5 Å². The SMILES string of the molecule is CCCc1[nH]ncc1C(=O)N1CCC(c2ccccc2Cl)C1. The van der Waals surface area contributed by atoms with Crippen molar-refractivity contribution in [3.8, 4) is 0 Å². The summed E-state index contributed by atoms with van der Waals surface area (Å²) in [6, 6.07) is 7.91. The van der Waals surface area contributed by atoms with Crippen LogP contribution in [0.15, 0.2) is 30.5 Å². The maximum Gasteiger partial charge on any atom is 0.257 e. The quantitative estimate of drug-likeness (QED) is 0.935. The van der Waals surface area contributed by atoms with Gasteiger partial charge in [0.05, 0.1) is 11.8 Å². The van der Waals surface area contributed by atoms with Gasteiger partial charge in [0.25, 0.3) is 5.91 Å². The zero-order valence-electron chi connectivity index (χ0n) is 12.7. The second-order valence-electron chi connectivity index (χ2n) is 5.77. The van der Waals surface area contributed by atoms with Gasteiger partial charge in [0.1, 0.15) is 0 Å². The van der Waals surface area contributed by atoms with Crippen LogP contribution >= 0.6 is 11.6 Å². The summed E-state index contributed by atoms with van der Waals surface area (Å²) in [5.41, 5.74) is 2.79. The van der Waals surface area contributed by atoms with Crippen molar-refractivity contribution in [1.29, 1.82) is 0 Å². The molecule has 0 saturated carbocycles. The van der Waals surface area contributed by atoms with E-state index >= 15 is 0 Å².